The van der Waals surface area contributed by atoms with Gasteiger partial charge in [-0.25, -0.2) is 0 Å². The van der Waals surface area contributed by atoms with Crippen LogP contribution in [-0.4, -0.2) is 39.3 Å². The summed E-state index contributed by atoms with van der Waals surface area (Å²) in [6.45, 7) is 4.66. The second-order valence-electron chi connectivity index (χ2n) is 4.87. The average molecular weight is 333 g/mol. The van der Waals surface area contributed by atoms with Crippen molar-refractivity contribution in [2.75, 3.05) is 33.4 Å². The molecule has 0 radical (unpaired) electrons. The van der Waals surface area contributed by atoms with Crippen molar-refractivity contribution in [1.82, 2.24) is 10.6 Å². The molecule has 6 heteroatoms. The third kappa shape index (κ3) is 7.14. The van der Waals surface area contributed by atoms with E-state index in [1.54, 1.807) is 19.2 Å². The van der Waals surface area contributed by atoms with Crippen molar-refractivity contribution in [3.05, 3.63) is 33.8 Å². The third-order valence-corrected chi connectivity index (χ3v) is 3.66. The van der Waals surface area contributed by atoms with Crippen LogP contribution in [0.2, 0.25) is 10.0 Å². The van der Waals surface area contributed by atoms with Crippen LogP contribution in [-0.2, 0) is 16.0 Å². The first-order valence-corrected chi connectivity index (χ1v) is 7.71. The van der Waals surface area contributed by atoms with E-state index in [0.717, 1.165) is 18.7 Å². The van der Waals surface area contributed by atoms with E-state index in [2.05, 4.69) is 10.6 Å². The van der Waals surface area contributed by atoms with Gasteiger partial charge in [-0.2, -0.15) is 0 Å². The Balaban J connectivity index is 2.30. The van der Waals surface area contributed by atoms with Gasteiger partial charge in [-0.1, -0.05) is 36.2 Å². The Kier molecular flexibility index (Phi) is 8.69. The highest BCUT2D eigenvalue weighted by molar-refractivity contribution is 6.35. The number of methoxy groups -OCH3 is 1. The first-order valence-electron chi connectivity index (χ1n) is 6.96. The Morgan fingerprint density at radius 1 is 1.29 bits per heavy atom. The summed E-state index contributed by atoms with van der Waals surface area (Å²) in [6, 6.07) is 5.34. The number of halogens is 2. The zero-order valence-corrected chi connectivity index (χ0v) is 13.9. The molecule has 21 heavy (non-hydrogen) atoms. The maximum atomic E-state index is 12.0. The molecule has 1 atom stereocenters. The Morgan fingerprint density at radius 3 is 2.71 bits per heavy atom. The molecule has 1 unspecified atom stereocenters. The van der Waals surface area contributed by atoms with Crippen LogP contribution in [0.1, 0.15) is 12.5 Å². The number of carbonyl (C=O) groups excluding carboxylic acids is 1. The first-order chi connectivity index (χ1) is 10.0. The second kappa shape index (κ2) is 10.0. The molecule has 2 N–H and O–H groups in total. The maximum Gasteiger partial charge on any atom is 0.223 e. The number of hydrogen-bond acceptors (Lipinski definition) is 3. The lowest BCUT2D eigenvalue weighted by atomic mass is 10.0. The van der Waals surface area contributed by atoms with Crippen molar-refractivity contribution in [2.24, 2.45) is 5.92 Å². The molecule has 0 heterocycles. The highest BCUT2D eigenvalue weighted by Crippen LogP contribution is 2.23. The van der Waals surface area contributed by atoms with Crippen molar-refractivity contribution in [1.29, 1.82) is 0 Å². The topological polar surface area (TPSA) is 50.4 Å². The van der Waals surface area contributed by atoms with E-state index in [0.29, 0.717) is 29.6 Å². The molecule has 1 aromatic rings. The normalized spacial score (nSPS) is 12.2. The summed E-state index contributed by atoms with van der Waals surface area (Å²) in [5.41, 5.74) is 0.932. The van der Waals surface area contributed by atoms with Gasteiger partial charge in [0.15, 0.2) is 0 Å². The van der Waals surface area contributed by atoms with Gasteiger partial charge in [-0.15, -0.1) is 0 Å². The van der Waals surface area contributed by atoms with Crippen LogP contribution >= 0.6 is 23.2 Å². The number of nitrogens with one attached hydrogen (secondary N) is 2. The SMILES string of the molecule is COCCNCCNC(=O)C(C)Cc1ccc(Cl)cc1Cl. The minimum atomic E-state index is -0.136. The van der Waals surface area contributed by atoms with E-state index in [9.17, 15) is 4.79 Å². The van der Waals surface area contributed by atoms with Gasteiger partial charge in [0.25, 0.3) is 0 Å². The molecule has 0 fully saturated rings. The van der Waals surface area contributed by atoms with Crippen molar-refractivity contribution in [3.8, 4) is 0 Å². The highest BCUT2D eigenvalue weighted by Gasteiger charge is 2.14. The molecule has 1 rings (SSSR count). The molecular weight excluding hydrogens is 311 g/mol. The van der Waals surface area contributed by atoms with E-state index >= 15 is 0 Å². The maximum absolute atomic E-state index is 12.0. The van der Waals surface area contributed by atoms with Crippen molar-refractivity contribution >= 4 is 29.1 Å². The summed E-state index contributed by atoms with van der Waals surface area (Å²) in [7, 11) is 1.66. The zero-order chi connectivity index (χ0) is 15.7. The van der Waals surface area contributed by atoms with Crippen LogP contribution in [0.4, 0.5) is 0 Å². The predicted octanol–water partition coefficient (Wildman–Crippen LogP) is 2.52. The Labute approximate surface area is 136 Å². The van der Waals surface area contributed by atoms with Crippen LogP contribution in [0.15, 0.2) is 18.2 Å². The van der Waals surface area contributed by atoms with Crippen molar-refractivity contribution in [2.45, 2.75) is 13.3 Å². The van der Waals surface area contributed by atoms with E-state index in [-0.39, 0.29) is 11.8 Å². The molecule has 0 aliphatic heterocycles. The fraction of sp³-hybridized carbons (Fsp3) is 0.533. The smallest absolute Gasteiger partial charge is 0.223 e. The lowest BCUT2D eigenvalue weighted by molar-refractivity contribution is -0.124. The Bertz CT molecular complexity index is 455. The lowest BCUT2D eigenvalue weighted by Gasteiger charge is -2.13. The molecule has 0 aromatic heterocycles. The second-order valence-corrected chi connectivity index (χ2v) is 5.72. The molecule has 0 spiro atoms. The predicted molar refractivity (Wildman–Crippen MR) is 87.1 cm³/mol. The quantitative estimate of drug-likeness (QED) is 0.683. The number of rotatable bonds is 9. The molecule has 0 bridgehead atoms. The fourth-order valence-corrected chi connectivity index (χ4v) is 2.34. The number of carbonyl (C=O) groups is 1. The van der Waals surface area contributed by atoms with Gasteiger partial charge in [0.2, 0.25) is 5.91 Å². The number of hydrogen-bond donors (Lipinski definition) is 2. The summed E-state index contributed by atoms with van der Waals surface area (Å²) in [5.74, 6) is -0.114. The van der Waals surface area contributed by atoms with Gasteiger partial charge in [0.1, 0.15) is 0 Å². The van der Waals surface area contributed by atoms with E-state index < -0.39 is 0 Å². The van der Waals surface area contributed by atoms with Crippen molar-refractivity contribution < 1.29 is 9.53 Å². The summed E-state index contributed by atoms with van der Waals surface area (Å²) >= 11 is 12.0. The minimum absolute atomic E-state index is 0.0227. The molecule has 4 nitrogen and oxygen atoms in total. The number of amides is 1. The molecule has 1 amide bonds. The van der Waals surface area contributed by atoms with Gasteiger partial charge in [0.05, 0.1) is 6.61 Å². The molecule has 1 aromatic carbocycles. The molecule has 118 valence electrons. The van der Waals surface area contributed by atoms with Crippen LogP contribution in [0.5, 0.6) is 0 Å². The van der Waals surface area contributed by atoms with Gasteiger partial charge < -0.3 is 15.4 Å². The third-order valence-electron chi connectivity index (χ3n) is 3.07. The van der Waals surface area contributed by atoms with Crippen LogP contribution < -0.4 is 10.6 Å². The van der Waals surface area contributed by atoms with Gasteiger partial charge in [-0.05, 0) is 24.1 Å². The van der Waals surface area contributed by atoms with Crippen LogP contribution in [0.3, 0.4) is 0 Å². The average Bonchev–Trinajstić information content (AvgIpc) is 2.45. The summed E-state index contributed by atoms with van der Waals surface area (Å²) < 4.78 is 4.92. The van der Waals surface area contributed by atoms with Gasteiger partial charge in [-0.3, -0.25) is 4.79 Å². The van der Waals surface area contributed by atoms with E-state index in [1.165, 1.54) is 0 Å². The first kappa shape index (κ1) is 18.2. The molecular formula is C15H22Cl2N2O2. The van der Waals surface area contributed by atoms with Gasteiger partial charge >= 0.3 is 0 Å². The van der Waals surface area contributed by atoms with Gasteiger partial charge in [0, 0.05) is 42.7 Å². The number of benzene rings is 1. The standard InChI is InChI=1S/C15H22Cl2N2O2/c1-11(9-12-3-4-13(16)10-14(12)17)15(20)19-6-5-18-7-8-21-2/h3-4,10-11,18H,5-9H2,1-2H3,(H,19,20). The summed E-state index contributed by atoms with van der Waals surface area (Å²) in [5, 5.41) is 7.27. The largest absolute Gasteiger partial charge is 0.383 e. The van der Waals surface area contributed by atoms with E-state index in [4.69, 9.17) is 27.9 Å². The highest BCUT2D eigenvalue weighted by atomic mass is 35.5. The molecule has 0 aliphatic rings. The molecule has 0 aliphatic carbocycles. The Hall–Kier alpha value is -0.810. The Morgan fingerprint density at radius 2 is 2.05 bits per heavy atom. The minimum Gasteiger partial charge on any atom is -0.383 e. The zero-order valence-electron chi connectivity index (χ0n) is 12.4. The molecule has 0 saturated carbocycles. The summed E-state index contributed by atoms with van der Waals surface area (Å²) in [4.78, 5) is 12.0. The van der Waals surface area contributed by atoms with Crippen molar-refractivity contribution in [3.63, 3.8) is 0 Å². The van der Waals surface area contributed by atoms with Crippen LogP contribution in [0, 0.1) is 5.92 Å². The van der Waals surface area contributed by atoms with Crippen LogP contribution in [0.25, 0.3) is 0 Å². The summed E-state index contributed by atoms with van der Waals surface area (Å²) in [6.07, 6.45) is 0.596. The van der Waals surface area contributed by atoms with E-state index in [1.807, 2.05) is 13.0 Å². The lowest BCUT2D eigenvalue weighted by Crippen LogP contribution is -2.36. The number of ether oxygens (including phenoxy) is 1. The monoisotopic (exact) mass is 332 g/mol. The molecule has 0 saturated heterocycles. The fourth-order valence-electron chi connectivity index (χ4n) is 1.86.